The normalized spacial score (nSPS) is 14.0. The highest BCUT2D eigenvalue weighted by atomic mass is 16.5. The number of nitrogen functional groups attached to an aromatic ring is 1. The number of anilines is 2. The van der Waals surface area contributed by atoms with E-state index in [1.165, 1.54) is 0 Å². The van der Waals surface area contributed by atoms with Crippen molar-refractivity contribution in [3.05, 3.63) is 48.0 Å². The molecule has 0 saturated heterocycles. The predicted octanol–water partition coefficient (Wildman–Crippen LogP) is 3.07. The van der Waals surface area contributed by atoms with E-state index in [9.17, 15) is 0 Å². The average Bonchev–Trinajstić information content (AvgIpc) is 2.72. The molecule has 4 nitrogen and oxygen atoms in total. The summed E-state index contributed by atoms with van der Waals surface area (Å²) in [6.07, 6.45) is 1.00. The van der Waals surface area contributed by atoms with Crippen LogP contribution in [0.1, 0.15) is 12.0 Å². The number of hydrogen-bond donors (Lipinski definition) is 1. The fraction of sp³-hybridized carbons (Fsp3) is 0.294. The van der Waals surface area contributed by atoms with E-state index < -0.39 is 0 Å². The molecule has 0 aliphatic carbocycles. The lowest BCUT2D eigenvalue weighted by atomic mass is 10.1. The molecule has 0 unspecified atom stereocenters. The fourth-order valence-electron chi connectivity index (χ4n) is 2.61. The third kappa shape index (κ3) is 2.89. The van der Waals surface area contributed by atoms with E-state index >= 15 is 0 Å². The Morgan fingerprint density at radius 1 is 1.24 bits per heavy atom. The smallest absolute Gasteiger partial charge is 0.142 e. The lowest BCUT2D eigenvalue weighted by Crippen LogP contribution is -2.23. The number of hydrogen-bond acceptors (Lipinski definition) is 4. The molecule has 4 heteroatoms. The second-order valence-electron chi connectivity index (χ2n) is 5.16. The maximum absolute atomic E-state index is 6.14. The van der Waals surface area contributed by atoms with Gasteiger partial charge in [0.05, 0.1) is 19.4 Å². The summed E-state index contributed by atoms with van der Waals surface area (Å²) in [5, 5.41) is 0. The van der Waals surface area contributed by atoms with Gasteiger partial charge in [0.25, 0.3) is 0 Å². The molecule has 0 saturated carbocycles. The van der Waals surface area contributed by atoms with E-state index in [1.807, 2.05) is 36.4 Å². The molecule has 0 fully saturated rings. The molecule has 1 aliphatic heterocycles. The van der Waals surface area contributed by atoms with E-state index in [1.54, 1.807) is 7.11 Å². The van der Waals surface area contributed by atoms with Gasteiger partial charge < -0.3 is 20.1 Å². The van der Waals surface area contributed by atoms with Crippen LogP contribution in [0.2, 0.25) is 0 Å². The van der Waals surface area contributed by atoms with Gasteiger partial charge in [0.1, 0.15) is 11.5 Å². The number of nitrogens with zero attached hydrogens (tertiary/aromatic N) is 1. The fourth-order valence-corrected chi connectivity index (χ4v) is 2.61. The van der Waals surface area contributed by atoms with Crippen LogP contribution in [-0.4, -0.2) is 20.3 Å². The predicted molar refractivity (Wildman–Crippen MR) is 85.0 cm³/mol. The van der Waals surface area contributed by atoms with Crippen molar-refractivity contribution >= 4 is 11.4 Å². The molecule has 1 heterocycles. The Balaban J connectivity index is 1.87. The van der Waals surface area contributed by atoms with Gasteiger partial charge in [-0.3, -0.25) is 0 Å². The van der Waals surface area contributed by atoms with Gasteiger partial charge in [0.15, 0.2) is 0 Å². The van der Waals surface area contributed by atoms with Gasteiger partial charge in [0.2, 0.25) is 0 Å². The zero-order valence-electron chi connectivity index (χ0n) is 12.2. The average molecular weight is 284 g/mol. The number of rotatable bonds is 3. The molecule has 2 N–H and O–H groups in total. The molecule has 0 bridgehead atoms. The minimum Gasteiger partial charge on any atom is -0.497 e. The first-order valence-corrected chi connectivity index (χ1v) is 7.17. The van der Waals surface area contributed by atoms with Crippen LogP contribution < -0.4 is 20.1 Å². The van der Waals surface area contributed by atoms with E-state index in [0.29, 0.717) is 0 Å². The van der Waals surface area contributed by atoms with Gasteiger partial charge in [-0.05, 0) is 30.2 Å². The summed E-state index contributed by atoms with van der Waals surface area (Å²) in [5.41, 5.74) is 9.13. The van der Waals surface area contributed by atoms with Gasteiger partial charge in [-0.15, -0.1) is 0 Å². The Bertz CT molecular complexity index is 628. The first-order chi connectivity index (χ1) is 10.3. The number of fused-ring (bicyclic) bond motifs is 1. The molecule has 110 valence electrons. The van der Waals surface area contributed by atoms with Crippen molar-refractivity contribution in [3.63, 3.8) is 0 Å². The molecule has 1 aliphatic rings. The number of benzene rings is 2. The topological polar surface area (TPSA) is 47.7 Å². The second-order valence-corrected chi connectivity index (χ2v) is 5.16. The van der Waals surface area contributed by atoms with E-state index in [4.69, 9.17) is 15.2 Å². The third-order valence-electron chi connectivity index (χ3n) is 3.75. The van der Waals surface area contributed by atoms with E-state index in [0.717, 1.165) is 54.6 Å². The Kier molecular flexibility index (Phi) is 3.86. The SMILES string of the molecule is COc1ccc(CN2CCCOc3ccccc32)c(N)c1. The van der Waals surface area contributed by atoms with Crippen LogP contribution in [0.4, 0.5) is 11.4 Å². The molecule has 2 aromatic carbocycles. The van der Waals surface area contributed by atoms with Gasteiger partial charge >= 0.3 is 0 Å². The van der Waals surface area contributed by atoms with Gasteiger partial charge in [-0.25, -0.2) is 0 Å². The molecule has 0 spiro atoms. The summed E-state index contributed by atoms with van der Waals surface area (Å²) in [6.45, 7) is 2.49. The van der Waals surface area contributed by atoms with Crippen molar-refractivity contribution in [1.29, 1.82) is 0 Å². The zero-order valence-corrected chi connectivity index (χ0v) is 12.2. The van der Waals surface area contributed by atoms with Crippen LogP contribution in [0.25, 0.3) is 0 Å². The highest BCUT2D eigenvalue weighted by Gasteiger charge is 2.17. The molecule has 2 aromatic rings. The van der Waals surface area contributed by atoms with Crippen molar-refractivity contribution in [1.82, 2.24) is 0 Å². The van der Waals surface area contributed by atoms with Crippen LogP contribution in [0.5, 0.6) is 11.5 Å². The highest BCUT2D eigenvalue weighted by molar-refractivity contribution is 5.61. The standard InChI is InChI=1S/C17H20N2O2/c1-20-14-8-7-13(15(18)11-14)12-19-9-4-10-21-17-6-3-2-5-16(17)19/h2-3,5-8,11H,4,9-10,12,18H2,1H3. The third-order valence-corrected chi connectivity index (χ3v) is 3.75. The largest absolute Gasteiger partial charge is 0.497 e. The zero-order chi connectivity index (χ0) is 14.7. The van der Waals surface area contributed by atoms with Crippen LogP contribution in [-0.2, 0) is 6.54 Å². The molecular weight excluding hydrogens is 264 g/mol. The van der Waals surface area contributed by atoms with Gasteiger partial charge in [-0.2, -0.15) is 0 Å². The molecule has 0 atom stereocenters. The first kappa shape index (κ1) is 13.6. The quantitative estimate of drug-likeness (QED) is 0.880. The van der Waals surface area contributed by atoms with Crippen molar-refractivity contribution in [2.75, 3.05) is 30.9 Å². The van der Waals surface area contributed by atoms with Crippen molar-refractivity contribution in [2.24, 2.45) is 0 Å². The number of nitrogens with two attached hydrogens (primary N) is 1. The van der Waals surface area contributed by atoms with Crippen molar-refractivity contribution < 1.29 is 9.47 Å². The maximum Gasteiger partial charge on any atom is 0.142 e. The maximum atomic E-state index is 6.14. The monoisotopic (exact) mass is 284 g/mol. The Morgan fingerprint density at radius 3 is 2.90 bits per heavy atom. The lowest BCUT2D eigenvalue weighted by molar-refractivity contribution is 0.322. The summed E-state index contributed by atoms with van der Waals surface area (Å²) >= 11 is 0. The summed E-state index contributed by atoms with van der Waals surface area (Å²) in [5.74, 6) is 1.73. The minimum atomic E-state index is 0.756. The summed E-state index contributed by atoms with van der Waals surface area (Å²) in [4.78, 5) is 2.32. The summed E-state index contributed by atoms with van der Waals surface area (Å²) in [7, 11) is 1.65. The first-order valence-electron chi connectivity index (χ1n) is 7.17. The molecule has 3 rings (SSSR count). The van der Waals surface area contributed by atoms with Crippen LogP contribution in [0.3, 0.4) is 0 Å². The van der Waals surface area contributed by atoms with Gasteiger partial charge in [0, 0.05) is 24.8 Å². The molecule has 0 aromatic heterocycles. The number of ether oxygens (including phenoxy) is 2. The highest BCUT2D eigenvalue weighted by Crippen LogP contribution is 2.32. The van der Waals surface area contributed by atoms with E-state index in [2.05, 4.69) is 11.0 Å². The summed E-state index contributed by atoms with van der Waals surface area (Å²) in [6, 6.07) is 14.0. The lowest BCUT2D eigenvalue weighted by Gasteiger charge is -2.24. The van der Waals surface area contributed by atoms with E-state index in [-0.39, 0.29) is 0 Å². The van der Waals surface area contributed by atoms with Crippen LogP contribution in [0.15, 0.2) is 42.5 Å². The Hall–Kier alpha value is -2.36. The Labute approximate surface area is 125 Å². The van der Waals surface area contributed by atoms with Crippen molar-refractivity contribution in [2.45, 2.75) is 13.0 Å². The Morgan fingerprint density at radius 2 is 2.10 bits per heavy atom. The molecule has 21 heavy (non-hydrogen) atoms. The minimum absolute atomic E-state index is 0.756. The van der Waals surface area contributed by atoms with Gasteiger partial charge in [-0.1, -0.05) is 18.2 Å². The second kappa shape index (κ2) is 5.95. The molecular formula is C17H20N2O2. The number of methoxy groups -OCH3 is 1. The molecule has 0 radical (unpaired) electrons. The van der Waals surface area contributed by atoms with Crippen LogP contribution >= 0.6 is 0 Å². The van der Waals surface area contributed by atoms with Crippen LogP contribution in [0, 0.1) is 0 Å². The number of para-hydroxylation sites is 2. The molecule has 0 amide bonds. The van der Waals surface area contributed by atoms with Crippen molar-refractivity contribution in [3.8, 4) is 11.5 Å². The summed E-state index contributed by atoms with van der Waals surface area (Å²) < 4.78 is 11.0.